The molecule has 0 bridgehead atoms. The van der Waals surface area contributed by atoms with E-state index in [0.29, 0.717) is 15.5 Å². The Bertz CT molecular complexity index is 1040. The van der Waals surface area contributed by atoms with Crippen LogP contribution in [0.15, 0.2) is 29.2 Å². The largest absolute Gasteiger partial charge is 0.545 e. The predicted octanol–water partition coefficient (Wildman–Crippen LogP) is 2.29. The Morgan fingerprint density at radius 2 is 2.00 bits per heavy atom. The zero-order valence-electron chi connectivity index (χ0n) is 14.8. The number of nitriles is 1. The molecule has 8 heteroatoms. The lowest BCUT2D eigenvalue weighted by Crippen LogP contribution is -2.31. The van der Waals surface area contributed by atoms with E-state index in [1.807, 2.05) is 0 Å². The minimum absolute atomic E-state index is 0.00417. The van der Waals surface area contributed by atoms with Crippen molar-refractivity contribution < 1.29 is 19.5 Å². The number of aromatic carboxylic acids is 1. The molecule has 1 aliphatic carbocycles. The highest BCUT2D eigenvalue weighted by atomic mass is 32.2. The SMILES string of the molecule is N#Cc1c(N2C(=O)CC(Sc3ccccc3C(=O)[O-])C2=O)sc2c1CCCC2. The normalized spacial score (nSPS) is 18.8. The summed E-state index contributed by atoms with van der Waals surface area (Å²) in [5.41, 5.74) is 1.39. The van der Waals surface area contributed by atoms with Crippen molar-refractivity contribution >= 4 is 45.9 Å². The topological polar surface area (TPSA) is 101 Å². The second-order valence-electron chi connectivity index (χ2n) is 6.66. The number of imide groups is 1. The number of carboxylic acids is 1. The van der Waals surface area contributed by atoms with Crippen molar-refractivity contribution in [3.05, 3.63) is 45.8 Å². The van der Waals surface area contributed by atoms with E-state index in [1.165, 1.54) is 17.4 Å². The van der Waals surface area contributed by atoms with E-state index >= 15 is 0 Å². The highest BCUT2D eigenvalue weighted by Gasteiger charge is 2.43. The fourth-order valence-electron chi connectivity index (χ4n) is 3.63. The van der Waals surface area contributed by atoms with E-state index in [0.717, 1.165) is 52.8 Å². The minimum atomic E-state index is -1.32. The number of hydrogen-bond donors (Lipinski definition) is 0. The van der Waals surface area contributed by atoms with Crippen LogP contribution >= 0.6 is 23.1 Å². The van der Waals surface area contributed by atoms with Crippen LogP contribution in [0.1, 0.15) is 45.6 Å². The van der Waals surface area contributed by atoms with Crippen molar-refractivity contribution in [2.24, 2.45) is 0 Å². The van der Waals surface area contributed by atoms with Gasteiger partial charge in [-0.15, -0.1) is 23.1 Å². The first-order chi connectivity index (χ1) is 13.5. The first-order valence-electron chi connectivity index (χ1n) is 8.89. The molecule has 0 spiro atoms. The zero-order chi connectivity index (χ0) is 19.8. The molecule has 2 aromatic rings. The Labute approximate surface area is 169 Å². The smallest absolute Gasteiger partial charge is 0.248 e. The number of benzene rings is 1. The van der Waals surface area contributed by atoms with Crippen molar-refractivity contribution in [2.45, 2.75) is 42.2 Å². The molecule has 1 aromatic heterocycles. The van der Waals surface area contributed by atoms with Gasteiger partial charge in [-0.2, -0.15) is 5.26 Å². The molecule has 1 saturated heterocycles. The maximum atomic E-state index is 13.0. The summed E-state index contributed by atoms with van der Waals surface area (Å²) in [6.07, 6.45) is 3.67. The second-order valence-corrected chi connectivity index (χ2v) is 8.99. The number of nitrogens with zero attached hydrogens (tertiary/aromatic N) is 2. The highest BCUT2D eigenvalue weighted by molar-refractivity contribution is 8.00. The number of hydrogen-bond acceptors (Lipinski definition) is 7. The summed E-state index contributed by atoms with van der Waals surface area (Å²) in [5.74, 6) is -2.09. The molecule has 2 heterocycles. The van der Waals surface area contributed by atoms with Gasteiger partial charge in [0.2, 0.25) is 11.8 Å². The number of anilines is 1. The molecule has 0 N–H and O–H groups in total. The molecular formula is C20H15N2O4S2-. The molecule has 4 rings (SSSR count). The van der Waals surface area contributed by atoms with Crippen LogP contribution in [0.3, 0.4) is 0 Å². The highest BCUT2D eigenvalue weighted by Crippen LogP contribution is 2.43. The Balaban J connectivity index is 1.65. The lowest BCUT2D eigenvalue weighted by atomic mass is 9.96. The first-order valence-corrected chi connectivity index (χ1v) is 10.6. The third-order valence-corrected chi connectivity index (χ3v) is 7.49. The minimum Gasteiger partial charge on any atom is -0.545 e. The fourth-order valence-corrected chi connectivity index (χ4v) is 6.16. The van der Waals surface area contributed by atoms with Gasteiger partial charge in [0.1, 0.15) is 11.1 Å². The van der Waals surface area contributed by atoms with Crippen LogP contribution in [0.25, 0.3) is 0 Å². The third-order valence-electron chi connectivity index (χ3n) is 4.95. The fraction of sp³-hybridized carbons (Fsp3) is 0.300. The summed E-state index contributed by atoms with van der Waals surface area (Å²) < 4.78 is 0. The van der Waals surface area contributed by atoms with Gasteiger partial charge in [-0.3, -0.25) is 9.59 Å². The number of thioether (sulfide) groups is 1. The number of carbonyl (C=O) groups is 3. The van der Waals surface area contributed by atoms with Gasteiger partial charge in [0.15, 0.2) is 0 Å². The van der Waals surface area contributed by atoms with Crippen LogP contribution in [0, 0.1) is 11.3 Å². The van der Waals surface area contributed by atoms with Crippen LogP contribution in [0.2, 0.25) is 0 Å². The zero-order valence-corrected chi connectivity index (χ0v) is 16.4. The quantitative estimate of drug-likeness (QED) is 0.716. The van der Waals surface area contributed by atoms with Gasteiger partial charge in [0.05, 0.1) is 16.8 Å². The average molecular weight is 411 g/mol. The maximum absolute atomic E-state index is 13.0. The molecule has 0 radical (unpaired) electrons. The van der Waals surface area contributed by atoms with Gasteiger partial charge >= 0.3 is 0 Å². The molecular weight excluding hydrogens is 396 g/mol. The molecule has 2 amide bonds. The van der Waals surface area contributed by atoms with Crippen molar-refractivity contribution in [1.82, 2.24) is 0 Å². The van der Waals surface area contributed by atoms with Crippen molar-refractivity contribution in [3.63, 3.8) is 0 Å². The molecule has 1 unspecified atom stereocenters. The Morgan fingerprint density at radius 1 is 1.25 bits per heavy atom. The van der Waals surface area contributed by atoms with Gasteiger partial charge in [-0.1, -0.05) is 18.2 Å². The van der Waals surface area contributed by atoms with Crippen molar-refractivity contribution in [1.29, 1.82) is 5.26 Å². The summed E-state index contributed by atoms with van der Waals surface area (Å²) in [5, 5.41) is 20.6. The monoisotopic (exact) mass is 411 g/mol. The van der Waals surface area contributed by atoms with E-state index in [4.69, 9.17) is 0 Å². The van der Waals surface area contributed by atoms with E-state index < -0.39 is 17.1 Å². The van der Waals surface area contributed by atoms with E-state index in [-0.39, 0.29) is 17.9 Å². The van der Waals surface area contributed by atoms with Crippen molar-refractivity contribution in [3.8, 4) is 6.07 Å². The summed E-state index contributed by atoms with van der Waals surface area (Å²) in [7, 11) is 0. The lowest BCUT2D eigenvalue weighted by molar-refractivity contribution is -0.255. The summed E-state index contributed by atoms with van der Waals surface area (Å²) in [4.78, 5) is 39.5. The standard InChI is InChI=1S/C20H16N2O4S2/c21-10-13-11-5-1-3-7-14(11)28-19(13)22-17(23)9-16(18(22)24)27-15-8-4-2-6-12(15)20(25)26/h2,4,6,8,16H,1,3,5,7,9H2,(H,25,26)/p-1. The summed E-state index contributed by atoms with van der Waals surface area (Å²) in [6, 6.07) is 8.45. The van der Waals surface area contributed by atoms with E-state index in [2.05, 4.69) is 6.07 Å². The van der Waals surface area contributed by atoms with E-state index in [9.17, 15) is 24.8 Å². The van der Waals surface area contributed by atoms with Gasteiger partial charge in [0.25, 0.3) is 0 Å². The maximum Gasteiger partial charge on any atom is 0.248 e. The molecule has 142 valence electrons. The summed E-state index contributed by atoms with van der Waals surface area (Å²) in [6.45, 7) is 0. The first kappa shape index (κ1) is 18.7. The number of thiophene rings is 1. The average Bonchev–Trinajstić information content (AvgIpc) is 3.18. The van der Waals surface area contributed by atoms with Gasteiger partial charge < -0.3 is 9.90 Å². The molecule has 28 heavy (non-hydrogen) atoms. The van der Waals surface area contributed by atoms with Gasteiger partial charge in [-0.05, 0) is 37.3 Å². The number of fused-ring (bicyclic) bond motifs is 1. The molecule has 2 aliphatic rings. The van der Waals surface area contributed by atoms with Crippen LogP contribution in [0.5, 0.6) is 0 Å². The molecule has 1 aliphatic heterocycles. The summed E-state index contributed by atoms with van der Waals surface area (Å²) >= 11 is 2.41. The van der Waals surface area contributed by atoms with Crippen LogP contribution in [-0.2, 0) is 22.4 Å². The number of amides is 2. The Morgan fingerprint density at radius 3 is 2.75 bits per heavy atom. The number of rotatable bonds is 4. The lowest BCUT2D eigenvalue weighted by Gasteiger charge is -2.15. The Hall–Kier alpha value is -2.63. The number of carboxylic acid groups (broad SMARTS) is 1. The number of aryl methyl sites for hydroxylation is 1. The van der Waals surface area contributed by atoms with E-state index in [1.54, 1.807) is 18.2 Å². The van der Waals surface area contributed by atoms with Crippen LogP contribution < -0.4 is 10.0 Å². The van der Waals surface area contributed by atoms with Crippen LogP contribution in [0.4, 0.5) is 5.00 Å². The second kappa shape index (κ2) is 7.41. The Kier molecular flexibility index (Phi) is 4.96. The third kappa shape index (κ3) is 3.11. The van der Waals surface area contributed by atoms with Gasteiger partial charge in [-0.25, -0.2) is 4.90 Å². The molecule has 1 aromatic carbocycles. The molecule has 0 saturated carbocycles. The molecule has 1 fully saturated rings. The molecule has 6 nitrogen and oxygen atoms in total. The molecule has 1 atom stereocenters. The van der Waals surface area contributed by atoms with Crippen LogP contribution in [-0.4, -0.2) is 23.0 Å². The van der Waals surface area contributed by atoms with Gasteiger partial charge in [0, 0.05) is 21.8 Å². The van der Waals surface area contributed by atoms with Crippen molar-refractivity contribution in [2.75, 3.05) is 4.90 Å². The predicted molar refractivity (Wildman–Crippen MR) is 103 cm³/mol. The number of carbonyl (C=O) groups excluding carboxylic acids is 3.